The molecule has 2 amide bonds. The lowest BCUT2D eigenvalue weighted by Gasteiger charge is -2.10. The van der Waals surface area contributed by atoms with E-state index in [1.165, 1.54) is 6.07 Å². The summed E-state index contributed by atoms with van der Waals surface area (Å²) >= 11 is 0. The molecule has 118 valence electrons. The summed E-state index contributed by atoms with van der Waals surface area (Å²) in [5, 5.41) is 14.4. The van der Waals surface area contributed by atoms with E-state index >= 15 is 0 Å². The lowest BCUT2D eigenvalue weighted by atomic mass is 10.2. The van der Waals surface area contributed by atoms with Crippen molar-refractivity contribution in [2.75, 3.05) is 19.7 Å². The standard InChI is InChI=1S/C14H20F2N2O3/c1-2-10(19)5-6-17-14(20)18-7-8-21-11-3-4-12(15)13(16)9-11/h3-4,9-10,19H,2,5-8H2,1H3,(H2,17,18,20). The minimum Gasteiger partial charge on any atom is -0.492 e. The molecule has 0 fully saturated rings. The van der Waals surface area contributed by atoms with Crippen LogP contribution in [0.1, 0.15) is 19.8 Å². The molecule has 0 aliphatic heterocycles. The topological polar surface area (TPSA) is 70.6 Å². The first-order valence-electron chi connectivity index (χ1n) is 6.80. The Balaban J connectivity index is 2.13. The van der Waals surface area contributed by atoms with Gasteiger partial charge in [-0.05, 0) is 25.0 Å². The summed E-state index contributed by atoms with van der Waals surface area (Å²) in [6.07, 6.45) is 0.725. The molecule has 0 aromatic heterocycles. The van der Waals surface area contributed by atoms with E-state index in [2.05, 4.69) is 10.6 Å². The van der Waals surface area contributed by atoms with E-state index in [9.17, 15) is 18.7 Å². The molecule has 0 aliphatic rings. The molecule has 1 unspecified atom stereocenters. The molecule has 0 saturated heterocycles. The van der Waals surface area contributed by atoms with Gasteiger partial charge in [0.2, 0.25) is 0 Å². The molecule has 1 aromatic carbocycles. The molecule has 7 heteroatoms. The van der Waals surface area contributed by atoms with Crippen molar-refractivity contribution >= 4 is 6.03 Å². The van der Waals surface area contributed by atoms with Gasteiger partial charge in [-0.15, -0.1) is 0 Å². The predicted octanol–water partition coefficient (Wildman–Crippen LogP) is 1.80. The Kier molecular flexibility index (Phi) is 7.45. The zero-order chi connectivity index (χ0) is 15.7. The van der Waals surface area contributed by atoms with Gasteiger partial charge in [-0.25, -0.2) is 13.6 Å². The number of urea groups is 1. The summed E-state index contributed by atoms with van der Waals surface area (Å²) in [6, 6.07) is 2.86. The van der Waals surface area contributed by atoms with Crippen LogP contribution in [0.3, 0.4) is 0 Å². The number of ether oxygens (including phenoxy) is 1. The highest BCUT2D eigenvalue weighted by Gasteiger charge is 2.04. The Bertz CT molecular complexity index is 458. The van der Waals surface area contributed by atoms with Gasteiger partial charge in [-0.2, -0.15) is 0 Å². The molecule has 3 N–H and O–H groups in total. The first kappa shape index (κ1) is 17.2. The Morgan fingerprint density at radius 2 is 2.00 bits per heavy atom. The van der Waals surface area contributed by atoms with E-state index in [-0.39, 0.29) is 24.9 Å². The SMILES string of the molecule is CCC(O)CCNC(=O)NCCOc1ccc(F)c(F)c1. The number of hydrogen-bond acceptors (Lipinski definition) is 3. The van der Waals surface area contributed by atoms with Crippen molar-refractivity contribution in [3.05, 3.63) is 29.8 Å². The van der Waals surface area contributed by atoms with Gasteiger partial charge in [-0.1, -0.05) is 6.92 Å². The number of carbonyl (C=O) groups excluding carboxylic acids is 1. The molecular formula is C14H20F2N2O3. The Morgan fingerprint density at radius 3 is 2.67 bits per heavy atom. The third-order valence-electron chi connectivity index (χ3n) is 2.78. The van der Waals surface area contributed by atoms with Crippen LogP contribution < -0.4 is 15.4 Å². The van der Waals surface area contributed by atoms with E-state index < -0.39 is 17.7 Å². The van der Waals surface area contributed by atoms with Crippen LogP contribution in [0.2, 0.25) is 0 Å². The number of aliphatic hydroxyl groups is 1. The molecule has 1 rings (SSSR count). The minimum absolute atomic E-state index is 0.135. The van der Waals surface area contributed by atoms with Crippen LogP contribution >= 0.6 is 0 Å². The van der Waals surface area contributed by atoms with Crippen molar-refractivity contribution in [1.29, 1.82) is 0 Å². The first-order chi connectivity index (χ1) is 10.0. The monoisotopic (exact) mass is 302 g/mol. The van der Waals surface area contributed by atoms with Gasteiger partial charge in [-0.3, -0.25) is 0 Å². The Hall–Kier alpha value is -1.89. The minimum atomic E-state index is -0.979. The van der Waals surface area contributed by atoms with Crippen LogP contribution in [-0.2, 0) is 0 Å². The maximum Gasteiger partial charge on any atom is 0.314 e. The predicted molar refractivity (Wildman–Crippen MR) is 74.2 cm³/mol. The van der Waals surface area contributed by atoms with E-state index in [0.29, 0.717) is 19.4 Å². The second-order valence-electron chi connectivity index (χ2n) is 4.46. The zero-order valence-electron chi connectivity index (χ0n) is 11.9. The first-order valence-corrected chi connectivity index (χ1v) is 6.80. The molecule has 1 aromatic rings. The summed E-state index contributed by atoms with van der Waals surface area (Å²) in [4.78, 5) is 11.4. The molecule has 0 bridgehead atoms. The normalized spacial score (nSPS) is 11.8. The van der Waals surface area contributed by atoms with Crippen molar-refractivity contribution < 1.29 is 23.4 Å². The lowest BCUT2D eigenvalue weighted by Crippen LogP contribution is -2.38. The number of aliphatic hydroxyl groups excluding tert-OH is 1. The highest BCUT2D eigenvalue weighted by atomic mass is 19.2. The largest absolute Gasteiger partial charge is 0.492 e. The summed E-state index contributed by atoms with van der Waals surface area (Å²) < 4.78 is 30.7. The van der Waals surface area contributed by atoms with E-state index in [1.807, 2.05) is 6.92 Å². The quantitative estimate of drug-likeness (QED) is 0.641. The molecule has 0 aliphatic carbocycles. The molecule has 5 nitrogen and oxygen atoms in total. The fourth-order valence-corrected chi connectivity index (χ4v) is 1.52. The second kappa shape index (κ2) is 9.12. The zero-order valence-corrected chi connectivity index (χ0v) is 11.9. The number of carbonyl (C=O) groups is 1. The summed E-state index contributed by atoms with van der Waals surface area (Å²) in [6.45, 7) is 2.60. The van der Waals surface area contributed by atoms with Crippen LogP contribution in [0.25, 0.3) is 0 Å². The number of nitrogens with one attached hydrogen (secondary N) is 2. The number of hydrogen-bond donors (Lipinski definition) is 3. The molecule has 1 atom stereocenters. The lowest BCUT2D eigenvalue weighted by molar-refractivity contribution is 0.160. The molecule has 0 heterocycles. The molecule has 0 spiro atoms. The van der Waals surface area contributed by atoms with Crippen LogP contribution in [0, 0.1) is 11.6 Å². The van der Waals surface area contributed by atoms with Gasteiger partial charge in [0.05, 0.1) is 12.6 Å². The van der Waals surface area contributed by atoms with E-state index in [0.717, 1.165) is 12.1 Å². The van der Waals surface area contributed by atoms with Crippen molar-refractivity contribution in [2.24, 2.45) is 0 Å². The van der Waals surface area contributed by atoms with Crippen LogP contribution in [0.4, 0.5) is 13.6 Å². The van der Waals surface area contributed by atoms with Gasteiger partial charge < -0.3 is 20.5 Å². The van der Waals surface area contributed by atoms with Crippen molar-refractivity contribution in [3.8, 4) is 5.75 Å². The maximum atomic E-state index is 12.9. The highest BCUT2D eigenvalue weighted by molar-refractivity contribution is 5.73. The number of amides is 2. The van der Waals surface area contributed by atoms with Gasteiger partial charge in [0.1, 0.15) is 12.4 Å². The molecule has 0 radical (unpaired) electrons. The van der Waals surface area contributed by atoms with Gasteiger partial charge >= 0.3 is 6.03 Å². The molecule has 21 heavy (non-hydrogen) atoms. The maximum absolute atomic E-state index is 12.9. The van der Waals surface area contributed by atoms with Gasteiger partial charge in [0, 0.05) is 12.6 Å². The average Bonchev–Trinajstić information content (AvgIpc) is 2.47. The molecular weight excluding hydrogens is 282 g/mol. The van der Waals surface area contributed by atoms with Crippen LogP contribution in [-0.4, -0.2) is 36.9 Å². The summed E-state index contributed by atoms with van der Waals surface area (Å²) in [5.74, 6) is -1.72. The Labute approximate surface area is 122 Å². The van der Waals surface area contributed by atoms with Crippen LogP contribution in [0.15, 0.2) is 18.2 Å². The average molecular weight is 302 g/mol. The Morgan fingerprint density at radius 1 is 1.29 bits per heavy atom. The number of rotatable bonds is 8. The van der Waals surface area contributed by atoms with Crippen molar-refractivity contribution in [1.82, 2.24) is 10.6 Å². The summed E-state index contributed by atoms with van der Waals surface area (Å²) in [7, 11) is 0. The van der Waals surface area contributed by atoms with E-state index in [4.69, 9.17) is 4.74 Å². The number of benzene rings is 1. The third-order valence-corrected chi connectivity index (χ3v) is 2.78. The second-order valence-corrected chi connectivity index (χ2v) is 4.46. The smallest absolute Gasteiger partial charge is 0.314 e. The molecule has 0 saturated carbocycles. The van der Waals surface area contributed by atoms with Crippen LogP contribution in [0.5, 0.6) is 5.75 Å². The van der Waals surface area contributed by atoms with Crippen molar-refractivity contribution in [3.63, 3.8) is 0 Å². The highest BCUT2D eigenvalue weighted by Crippen LogP contribution is 2.14. The third kappa shape index (κ3) is 6.89. The fourth-order valence-electron chi connectivity index (χ4n) is 1.52. The van der Waals surface area contributed by atoms with E-state index in [1.54, 1.807) is 0 Å². The van der Waals surface area contributed by atoms with Gasteiger partial charge in [0.15, 0.2) is 11.6 Å². The summed E-state index contributed by atoms with van der Waals surface area (Å²) in [5.41, 5.74) is 0. The van der Waals surface area contributed by atoms with Crippen molar-refractivity contribution in [2.45, 2.75) is 25.9 Å². The fraction of sp³-hybridized carbons (Fsp3) is 0.500. The van der Waals surface area contributed by atoms with Gasteiger partial charge in [0.25, 0.3) is 0 Å². The number of halogens is 2.